The van der Waals surface area contributed by atoms with Crippen molar-refractivity contribution in [2.75, 3.05) is 0 Å². The normalized spacial score (nSPS) is 14.6. The van der Waals surface area contributed by atoms with Crippen LogP contribution in [0.15, 0.2) is 72.9 Å². The average molecular weight is 475 g/mol. The number of carboxylic acids is 1. The zero-order valence-corrected chi connectivity index (χ0v) is 19.1. The van der Waals surface area contributed by atoms with Gasteiger partial charge in [0.1, 0.15) is 0 Å². The first-order valence-corrected chi connectivity index (χ1v) is 11.4. The minimum Gasteiger partial charge on any atom is -0.478 e. The lowest BCUT2D eigenvalue weighted by molar-refractivity contribution is -0.131. The van der Waals surface area contributed by atoms with Gasteiger partial charge in [-0.15, -0.1) is 0 Å². The Kier molecular flexibility index (Phi) is 5.79. The third kappa shape index (κ3) is 4.58. The Bertz CT molecular complexity index is 1410. The van der Waals surface area contributed by atoms with Gasteiger partial charge in [-0.25, -0.2) is 4.79 Å². The Morgan fingerprint density at radius 1 is 1.00 bits per heavy atom. The number of hydrogen-bond acceptors (Lipinski definition) is 2. The first kappa shape index (κ1) is 21.5. The number of fused-ring (bicyclic) bond motifs is 1. The molecule has 1 aliphatic rings. The molecule has 1 saturated carbocycles. The van der Waals surface area contributed by atoms with Gasteiger partial charge in [0.25, 0.3) is 0 Å². The molecule has 4 aromatic rings. The monoisotopic (exact) mass is 474 g/mol. The van der Waals surface area contributed by atoms with Gasteiger partial charge >= 0.3 is 5.97 Å². The van der Waals surface area contributed by atoms with E-state index in [1.54, 1.807) is 12.1 Å². The summed E-state index contributed by atoms with van der Waals surface area (Å²) in [6, 6.07) is 19.9. The van der Waals surface area contributed by atoms with Crippen molar-refractivity contribution >= 4 is 57.3 Å². The number of aromatic amines is 1. The number of aromatic nitrogens is 2. The van der Waals surface area contributed by atoms with Crippen LogP contribution in [0.3, 0.4) is 0 Å². The standard InChI is InChI=1S/C27H20Cl2N2O2/c28-21-9-10-22(23(29)14-21)27(18-6-7-18)26(19-8-11-24-20(13-19)15-30-31-24)17-4-1-16(2-5-17)3-12-25(32)33/h1-5,8-15,18H,6-7H2,(H,30,31)(H,32,33)/b12-3+,27-26?. The number of benzene rings is 3. The second-order valence-corrected chi connectivity index (χ2v) is 9.00. The van der Waals surface area contributed by atoms with Gasteiger partial charge in [0.05, 0.1) is 11.7 Å². The molecule has 0 saturated heterocycles. The Balaban J connectivity index is 1.73. The van der Waals surface area contributed by atoms with Crippen LogP contribution >= 0.6 is 23.2 Å². The number of halogens is 2. The topological polar surface area (TPSA) is 66.0 Å². The summed E-state index contributed by atoms with van der Waals surface area (Å²) in [7, 11) is 0. The lowest BCUT2D eigenvalue weighted by Crippen LogP contribution is -1.98. The molecule has 4 nitrogen and oxygen atoms in total. The maximum Gasteiger partial charge on any atom is 0.328 e. The molecule has 1 aliphatic carbocycles. The van der Waals surface area contributed by atoms with Gasteiger partial charge in [-0.2, -0.15) is 5.10 Å². The van der Waals surface area contributed by atoms with Crippen LogP contribution in [0.25, 0.3) is 28.1 Å². The number of aliphatic carboxylic acids is 1. The molecule has 2 N–H and O–H groups in total. The van der Waals surface area contributed by atoms with Crippen LogP contribution in [-0.4, -0.2) is 21.3 Å². The van der Waals surface area contributed by atoms with Crippen LogP contribution in [0.2, 0.25) is 10.0 Å². The summed E-state index contributed by atoms with van der Waals surface area (Å²) in [5.41, 5.74) is 7.21. The van der Waals surface area contributed by atoms with Crippen molar-refractivity contribution in [3.8, 4) is 0 Å². The van der Waals surface area contributed by atoms with Crippen LogP contribution < -0.4 is 0 Å². The van der Waals surface area contributed by atoms with Crippen molar-refractivity contribution in [3.05, 3.63) is 105 Å². The van der Waals surface area contributed by atoms with Crippen LogP contribution in [0, 0.1) is 5.92 Å². The highest BCUT2D eigenvalue weighted by Gasteiger charge is 2.31. The van der Waals surface area contributed by atoms with Gasteiger partial charge in [-0.3, -0.25) is 5.10 Å². The van der Waals surface area contributed by atoms with Gasteiger partial charge in [0, 0.05) is 21.5 Å². The molecule has 1 fully saturated rings. The molecule has 3 aromatic carbocycles. The number of carboxylic acid groups (broad SMARTS) is 1. The molecule has 1 aromatic heterocycles. The number of allylic oxidation sites excluding steroid dienone is 1. The van der Waals surface area contributed by atoms with Crippen molar-refractivity contribution in [1.29, 1.82) is 0 Å². The quantitative estimate of drug-likeness (QED) is 0.227. The molecule has 1 heterocycles. The number of rotatable bonds is 6. The fourth-order valence-electron chi connectivity index (χ4n) is 4.14. The van der Waals surface area contributed by atoms with Crippen molar-refractivity contribution in [2.45, 2.75) is 12.8 Å². The number of H-pyrrole nitrogens is 1. The van der Waals surface area contributed by atoms with E-state index in [4.69, 9.17) is 28.3 Å². The number of nitrogens with one attached hydrogen (secondary N) is 1. The number of nitrogens with zero attached hydrogens (tertiary/aromatic N) is 1. The minimum atomic E-state index is -0.971. The lowest BCUT2D eigenvalue weighted by atomic mass is 9.86. The molecule has 0 aliphatic heterocycles. The number of hydrogen-bond donors (Lipinski definition) is 2. The fourth-order valence-corrected chi connectivity index (χ4v) is 4.65. The Morgan fingerprint density at radius 2 is 1.76 bits per heavy atom. The van der Waals surface area contributed by atoms with E-state index >= 15 is 0 Å². The van der Waals surface area contributed by atoms with Crippen LogP contribution in [0.5, 0.6) is 0 Å². The summed E-state index contributed by atoms with van der Waals surface area (Å²) in [5.74, 6) is -0.563. The lowest BCUT2D eigenvalue weighted by Gasteiger charge is -2.19. The predicted molar refractivity (Wildman–Crippen MR) is 134 cm³/mol. The summed E-state index contributed by atoms with van der Waals surface area (Å²) in [6.07, 6.45) is 6.76. The zero-order valence-electron chi connectivity index (χ0n) is 17.6. The highest BCUT2D eigenvalue weighted by atomic mass is 35.5. The first-order chi connectivity index (χ1) is 16.0. The van der Waals surface area contributed by atoms with E-state index in [2.05, 4.69) is 22.3 Å². The fraction of sp³-hybridized carbons (Fsp3) is 0.111. The Morgan fingerprint density at radius 3 is 2.45 bits per heavy atom. The highest BCUT2D eigenvalue weighted by molar-refractivity contribution is 6.36. The maximum atomic E-state index is 10.9. The van der Waals surface area contributed by atoms with Crippen molar-refractivity contribution < 1.29 is 9.90 Å². The van der Waals surface area contributed by atoms with Gasteiger partial charge in [0.2, 0.25) is 0 Å². The van der Waals surface area contributed by atoms with E-state index in [1.165, 1.54) is 5.57 Å². The van der Waals surface area contributed by atoms with Crippen molar-refractivity contribution in [2.24, 2.45) is 5.92 Å². The molecule has 0 unspecified atom stereocenters. The summed E-state index contributed by atoms with van der Waals surface area (Å²) >= 11 is 12.9. The molecule has 164 valence electrons. The molecule has 6 heteroatoms. The van der Waals surface area contributed by atoms with Gasteiger partial charge in [0.15, 0.2) is 0 Å². The molecule has 0 amide bonds. The van der Waals surface area contributed by atoms with Gasteiger partial charge in [-0.05, 0) is 82.5 Å². The summed E-state index contributed by atoms with van der Waals surface area (Å²) < 4.78 is 0. The molecule has 5 rings (SSSR count). The predicted octanol–water partition coefficient (Wildman–Crippen LogP) is 7.34. The summed E-state index contributed by atoms with van der Waals surface area (Å²) in [6.45, 7) is 0. The highest BCUT2D eigenvalue weighted by Crippen LogP contribution is 2.49. The molecule has 0 spiro atoms. The van der Waals surface area contributed by atoms with E-state index in [0.29, 0.717) is 16.0 Å². The van der Waals surface area contributed by atoms with E-state index in [0.717, 1.165) is 57.6 Å². The molecule has 33 heavy (non-hydrogen) atoms. The molecule has 0 radical (unpaired) electrons. The van der Waals surface area contributed by atoms with Crippen LogP contribution in [0.4, 0.5) is 0 Å². The van der Waals surface area contributed by atoms with Crippen LogP contribution in [0.1, 0.15) is 35.1 Å². The Labute approximate surface area is 201 Å². The maximum absolute atomic E-state index is 10.9. The molecular formula is C27H20Cl2N2O2. The summed E-state index contributed by atoms with van der Waals surface area (Å²) in [4.78, 5) is 10.9. The van der Waals surface area contributed by atoms with E-state index in [1.807, 2.05) is 48.7 Å². The average Bonchev–Trinajstić information content (AvgIpc) is 3.53. The molecular weight excluding hydrogens is 455 g/mol. The third-order valence-corrected chi connectivity index (χ3v) is 6.37. The zero-order chi connectivity index (χ0) is 22.9. The number of carbonyl (C=O) groups is 1. The van der Waals surface area contributed by atoms with E-state index < -0.39 is 5.97 Å². The summed E-state index contributed by atoms with van der Waals surface area (Å²) in [5, 5.41) is 18.4. The van der Waals surface area contributed by atoms with Gasteiger partial charge < -0.3 is 5.11 Å². The van der Waals surface area contributed by atoms with Crippen molar-refractivity contribution in [3.63, 3.8) is 0 Å². The Hall–Kier alpha value is -3.34. The third-order valence-electron chi connectivity index (χ3n) is 5.82. The minimum absolute atomic E-state index is 0.408. The van der Waals surface area contributed by atoms with Crippen LogP contribution in [-0.2, 0) is 4.79 Å². The largest absolute Gasteiger partial charge is 0.478 e. The van der Waals surface area contributed by atoms with E-state index in [-0.39, 0.29) is 0 Å². The van der Waals surface area contributed by atoms with Crippen molar-refractivity contribution in [1.82, 2.24) is 10.2 Å². The smallest absolute Gasteiger partial charge is 0.328 e. The van der Waals surface area contributed by atoms with Gasteiger partial charge in [-0.1, -0.05) is 59.6 Å². The second kappa shape index (κ2) is 8.89. The molecule has 0 bridgehead atoms. The second-order valence-electron chi connectivity index (χ2n) is 8.15. The SMILES string of the molecule is O=C(O)/C=C/c1ccc(C(=C(c2ccc(Cl)cc2Cl)C2CC2)c2ccc3[nH]ncc3c2)cc1. The van der Waals surface area contributed by atoms with E-state index in [9.17, 15) is 4.79 Å². The molecule has 0 atom stereocenters. The first-order valence-electron chi connectivity index (χ1n) is 10.6.